The second kappa shape index (κ2) is 7.42. The summed E-state index contributed by atoms with van der Waals surface area (Å²) in [5.41, 5.74) is 1.55. The molecule has 1 aliphatic heterocycles. The molecule has 0 radical (unpaired) electrons. The fourth-order valence-corrected chi connectivity index (χ4v) is 4.09. The summed E-state index contributed by atoms with van der Waals surface area (Å²) in [6.45, 7) is 3.10. The third-order valence-corrected chi connectivity index (χ3v) is 5.97. The molecule has 1 saturated heterocycles. The Morgan fingerprint density at radius 3 is 2.90 bits per heavy atom. The van der Waals surface area contributed by atoms with E-state index in [1.165, 1.54) is 0 Å². The minimum atomic E-state index is -0.397. The first-order chi connectivity index (χ1) is 14.1. The number of hydrogen-bond acceptors (Lipinski definition) is 5. The maximum Gasteiger partial charge on any atom is 0.273 e. The van der Waals surface area contributed by atoms with Gasteiger partial charge >= 0.3 is 0 Å². The van der Waals surface area contributed by atoms with Crippen LogP contribution in [0.2, 0.25) is 0 Å². The molecule has 1 saturated carbocycles. The molecule has 1 N–H and O–H groups in total. The quantitative estimate of drug-likeness (QED) is 0.701. The van der Waals surface area contributed by atoms with E-state index in [9.17, 15) is 4.79 Å². The van der Waals surface area contributed by atoms with Crippen LogP contribution >= 0.6 is 11.6 Å². The Labute approximate surface area is 174 Å². The van der Waals surface area contributed by atoms with Crippen LogP contribution in [0.25, 0.3) is 0 Å². The summed E-state index contributed by atoms with van der Waals surface area (Å²) in [6, 6.07) is 0.581. The predicted octanol–water partition coefficient (Wildman–Crippen LogP) is 1.92. The lowest BCUT2D eigenvalue weighted by Crippen LogP contribution is -2.58. The Balaban J connectivity index is 1.08. The summed E-state index contributed by atoms with van der Waals surface area (Å²) in [7, 11) is 0. The highest BCUT2D eigenvalue weighted by atomic mass is 35.5. The topological polar surface area (TPSA) is 80.9 Å². The molecule has 5 rings (SSSR count). The van der Waals surface area contributed by atoms with E-state index in [1.807, 2.05) is 29.1 Å². The monoisotopic (exact) mass is 413 g/mol. The van der Waals surface area contributed by atoms with Gasteiger partial charge in [-0.25, -0.2) is 4.68 Å². The van der Waals surface area contributed by atoms with E-state index in [4.69, 9.17) is 11.6 Å². The Bertz CT molecular complexity index is 954. The second-order valence-corrected chi connectivity index (χ2v) is 9.00. The third-order valence-electron chi connectivity index (χ3n) is 5.57. The first-order valence-corrected chi connectivity index (χ1v) is 10.4. The molecule has 1 atom stereocenters. The number of rotatable bonds is 7. The number of carbonyl (C=O) groups is 1. The van der Waals surface area contributed by atoms with Crippen LogP contribution in [-0.2, 0) is 13.1 Å². The van der Waals surface area contributed by atoms with Gasteiger partial charge in [0.2, 0.25) is 0 Å². The molecule has 1 unspecified atom stereocenters. The molecule has 29 heavy (non-hydrogen) atoms. The Morgan fingerprint density at radius 1 is 1.28 bits per heavy atom. The first kappa shape index (κ1) is 18.6. The fraction of sp³-hybridized carbons (Fsp3) is 0.500. The molecule has 2 aromatic heterocycles. The van der Waals surface area contributed by atoms with Gasteiger partial charge in [-0.3, -0.25) is 14.4 Å². The van der Waals surface area contributed by atoms with Crippen molar-refractivity contribution in [2.45, 2.75) is 49.3 Å². The fourth-order valence-electron chi connectivity index (χ4n) is 3.81. The molecule has 1 amide bonds. The number of aromatic nitrogens is 5. The van der Waals surface area contributed by atoms with E-state index in [0.717, 1.165) is 44.5 Å². The van der Waals surface area contributed by atoms with Crippen LogP contribution in [-0.4, -0.2) is 59.6 Å². The standard InChI is InChI=1S/C20H24ClN7O/c21-20(6-2-1-3-7-20)14-27-10-15(8-22-27)9-26-11-16(12-26)23-19(29)18-13-28(25-24-18)17-4-5-17/h1-3,6,8,10,13,16-17H,4-5,7,9,11-12,14H2,(H,23,29). The van der Waals surface area contributed by atoms with Crippen LogP contribution < -0.4 is 5.32 Å². The first-order valence-electron chi connectivity index (χ1n) is 10.1. The molecule has 9 heteroatoms. The molecular formula is C20H24ClN7O. The number of alkyl halides is 1. The van der Waals surface area contributed by atoms with Crippen LogP contribution in [0, 0.1) is 0 Å². The van der Waals surface area contributed by atoms with Crippen molar-refractivity contribution < 1.29 is 4.79 Å². The molecule has 3 aliphatic rings. The number of amides is 1. The van der Waals surface area contributed by atoms with Crippen molar-refractivity contribution in [3.05, 3.63) is 54.2 Å². The minimum absolute atomic E-state index is 0.142. The van der Waals surface area contributed by atoms with Crippen LogP contribution in [0.4, 0.5) is 0 Å². The molecule has 2 fully saturated rings. The molecule has 152 valence electrons. The summed E-state index contributed by atoms with van der Waals surface area (Å²) in [4.78, 5) is 14.2. The van der Waals surface area contributed by atoms with Crippen molar-refractivity contribution in [3.63, 3.8) is 0 Å². The SMILES string of the molecule is O=C(NC1CN(Cc2cnn(CC3(Cl)C=CC=CC3)c2)C1)c1cn(C2CC2)nn1. The molecule has 8 nitrogen and oxygen atoms in total. The minimum Gasteiger partial charge on any atom is -0.345 e. The summed E-state index contributed by atoms with van der Waals surface area (Å²) < 4.78 is 3.71. The Kier molecular flexibility index (Phi) is 4.75. The highest BCUT2D eigenvalue weighted by Crippen LogP contribution is 2.33. The van der Waals surface area contributed by atoms with Crippen molar-refractivity contribution in [2.24, 2.45) is 0 Å². The number of allylic oxidation sites excluding steroid dienone is 4. The number of halogens is 1. The largest absolute Gasteiger partial charge is 0.345 e. The van der Waals surface area contributed by atoms with Crippen molar-refractivity contribution in [2.75, 3.05) is 13.1 Å². The second-order valence-electron chi connectivity index (χ2n) is 8.25. The van der Waals surface area contributed by atoms with Crippen LogP contribution in [0.15, 0.2) is 42.9 Å². The zero-order chi connectivity index (χ0) is 19.8. The van der Waals surface area contributed by atoms with Gasteiger partial charge in [0.15, 0.2) is 5.69 Å². The number of hydrogen-bond donors (Lipinski definition) is 1. The maximum absolute atomic E-state index is 12.3. The van der Waals surface area contributed by atoms with E-state index in [2.05, 4.69) is 37.9 Å². The van der Waals surface area contributed by atoms with E-state index in [0.29, 0.717) is 18.3 Å². The molecular weight excluding hydrogens is 390 g/mol. The lowest BCUT2D eigenvalue weighted by Gasteiger charge is -2.39. The lowest BCUT2D eigenvalue weighted by atomic mass is 10.00. The van der Waals surface area contributed by atoms with E-state index in [-0.39, 0.29) is 11.9 Å². The number of nitrogens with one attached hydrogen (secondary N) is 1. The van der Waals surface area contributed by atoms with Gasteiger partial charge in [-0.1, -0.05) is 29.5 Å². The normalized spacial score (nSPS) is 24.6. The van der Waals surface area contributed by atoms with Gasteiger partial charge < -0.3 is 5.32 Å². The molecule has 3 heterocycles. The zero-order valence-corrected chi connectivity index (χ0v) is 16.9. The van der Waals surface area contributed by atoms with Gasteiger partial charge in [0.1, 0.15) is 0 Å². The third kappa shape index (κ3) is 4.28. The van der Waals surface area contributed by atoms with Crippen LogP contribution in [0.3, 0.4) is 0 Å². The van der Waals surface area contributed by atoms with Gasteiger partial charge in [-0.15, -0.1) is 16.7 Å². The number of carbonyl (C=O) groups excluding carboxylic acids is 1. The molecule has 0 aromatic carbocycles. The summed E-state index contributed by atoms with van der Waals surface area (Å²) in [5.74, 6) is -0.142. The highest BCUT2D eigenvalue weighted by Gasteiger charge is 2.31. The zero-order valence-electron chi connectivity index (χ0n) is 16.1. The van der Waals surface area contributed by atoms with Gasteiger partial charge in [0, 0.05) is 31.4 Å². The maximum atomic E-state index is 12.3. The van der Waals surface area contributed by atoms with Crippen LogP contribution in [0.5, 0.6) is 0 Å². The lowest BCUT2D eigenvalue weighted by molar-refractivity contribution is 0.0790. The smallest absolute Gasteiger partial charge is 0.273 e. The van der Waals surface area contributed by atoms with Crippen molar-refractivity contribution in [1.29, 1.82) is 0 Å². The van der Waals surface area contributed by atoms with Gasteiger partial charge in [-0.05, 0) is 19.3 Å². The average Bonchev–Trinajstić information content (AvgIpc) is 3.23. The van der Waals surface area contributed by atoms with Gasteiger partial charge in [0.25, 0.3) is 5.91 Å². The Hall–Kier alpha value is -2.45. The van der Waals surface area contributed by atoms with Gasteiger partial charge in [-0.2, -0.15) is 5.10 Å². The molecule has 2 aromatic rings. The molecule has 0 spiro atoms. The van der Waals surface area contributed by atoms with E-state index < -0.39 is 4.87 Å². The van der Waals surface area contributed by atoms with Gasteiger partial charge in [0.05, 0.1) is 35.9 Å². The summed E-state index contributed by atoms with van der Waals surface area (Å²) in [5, 5.41) is 15.5. The van der Waals surface area contributed by atoms with Crippen LogP contribution in [0.1, 0.15) is 41.4 Å². The average molecular weight is 414 g/mol. The molecule has 2 aliphatic carbocycles. The summed E-state index contributed by atoms with van der Waals surface area (Å²) >= 11 is 6.64. The van der Waals surface area contributed by atoms with E-state index in [1.54, 1.807) is 10.9 Å². The highest BCUT2D eigenvalue weighted by molar-refractivity contribution is 6.25. The number of nitrogens with zero attached hydrogens (tertiary/aromatic N) is 6. The number of likely N-dealkylation sites (tertiary alicyclic amines) is 1. The Morgan fingerprint density at radius 2 is 2.14 bits per heavy atom. The molecule has 0 bridgehead atoms. The van der Waals surface area contributed by atoms with Crippen molar-refractivity contribution in [1.82, 2.24) is 35.0 Å². The van der Waals surface area contributed by atoms with Crippen molar-refractivity contribution in [3.8, 4) is 0 Å². The predicted molar refractivity (Wildman–Crippen MR) is 109 cm³/mol. The van der Waals surface area contributed by atoms with E-state index >= 15 is 0 Å². The van der Waals surface area contributed by atoms with Crippen molar-refractivity contribution >= 4 is 17.5 Å². The summed E-state index contributed by atoms with van der Waals surface area (Å²) in [6.07, 6.45) is 16.9.